The van der Waals surface area contributed by atoms with Gasteiger partial charge < -0.3 is 9.58 Å². The zero-order valence-corrected chi connectivity index (χ0v) is 13.0. The SMILES string of the molecule is [C-]#[N+]C(C)C1CCC(C)(C)CN1C(=O)OC(C)(C)C. The summed E-state index contributed by atoms with van der Waals surface area (Å²) in [6.45, 7) is 19.7. The van der Waals surface area contributed by atoms with Gasteiger partial charge in [0.05, 0.1) is 0 Å². The highest BCUT2D eigenvalue weighted by atomic mass is 16.6. The molecule has 1 saturated heterocycles. The molecule has 1 aliphatic heterocycles. The Morgan fingerprint density at radius 2 is 2.05 bits per heavy atom. The van der Waals surface area contributed by atoms with Crippen molar-refractivity contribution in [1.82, 2.24) is 4.90 Å². The average molecular weight is 266 g/mol. The summed E-state index contributed by atoms with van der Waals surface area (Å²) in [5.41, 5.74) is -0.403. The standard InChI is InChI=1S/C15H26N2O2/c1-11(16-7)12-8-9-15(5,6)10-17(12)13(18)19-14(2,3)4/h11-12H,8-10H2,1-6H3. The summed E-state index contributed by atoms with van der Waals surface area (Å²) >= 11 is 0. The lowest BCUT2D eigenvalue weighted by atomic mass is 9.80. The summed E-state index contributed by atoms with van der Waals surface area (Å²) in [5, 5.41) is 0. The van der Waals surface area contributed by atoms with Gasteiger partial charge in [-0.2, -0.15) is 0 Å². The maximum absolute atomic E-state index is 12.3. The Hall–Kier alpha value is -1.24. The van der Waals surface area contributed by atoms with Gasteiger partial charge in [0, 0.05) is 13.5 Å². The molecule has 0 radical (unpaired) electrons. The lowest BCUT2D eigenvalue weighted by Gasteiger charge is -2.43. The molecule has 0 saturated carbocycles. The fourth-order valence-corrected chi connectivity index (χ4v) is 2.46. The zero-order valence-electron chi connectivity index (χ0n) is 13.0. The monoisotopic (exact) mass is 266 g/mol. The van der Waals surface area contributed by atoms with Crippen molar-refractivity contribution < 1.29 is 9.53 Å². The number of carbonyl (C=O) groups is 1. The molecule has 0 spiro atoms. The smallest absolute Gasteiger partial charge is 0.410 e. The third-order valence-electron chi connectivity index (χ3n) is 3.50. The van der Waals surface area contributed by atoms with E-state index in [-0.39, 0.29) is 23.6 Å². The van der Waals surface area contributed by atoms with Crippen LogP contribution in [-0.4, -0.2) is 35.2 Å². The molecule has 0 N–H and O–H groups in total. The number of likely N-dealkylation sites (tertiary alicyclic amines) is 1. The quantitative estimate of drug-likeness (QED) is 0.678. The molecular formula is C15H26N2O2. The summed E-state index contributed by atoms with van der Waals surface area (Å²) in [5.74, 6) is 0. The number of piperidine rings is 1. The number of hydrogen-bond donors (Lipinski definition) is 0. The Balaban J connectivity index is 2.89. The summed E-state index contributed by atoms with van der Waals surface area (Å²) in [7, 11) is 0. The maximum Gasteiger partial charge on any atom is 0.410 e. The van der Waals surface area contributed by atoms with Crippen molar-refractivity contribution in [3.05, 3.63) is 11.4 Å². The molecule has 1 heterocycles. The Bertz CT molecular complexity index is 377. The van der Waals surface area contributed by atoms with Crippen LogP contribution in [0.5, 0.6) is 0 Å². The topological polar surface area (TPSA) is 33.9 Å². The molecule has 1 rings (SSSR count). The summed E-state index contributed by atoms with van der Waals surface area (Å²) in [4.78, 5) is 17.7. The first-order valence-corrected chi connectivity index (χ1v) is 6.92. The van der Waals surface area contributed by atoms with E-state index in [1.165, 1.54) is 0 Å². The predicted octanol–water partition coefficient (Wildman–Crippen LogP) is 3.72. The van der Waals surface area contributed by atoms with E-state index in [4.69, 9.17) is 11.3 Å². The van der Waals surface area contributed by atoms with Gasteiger partial charge in [0.2, 0.25) is 6.04 Å². The van der Waals surface area contributed by atoms with E-state index in [1.54, 1.807) is 4.90 Å². The molecule has 1 fully saturated rings. The summed E-state index contributed by atoms with van der Waals surface area (Å²) in [6, 6.07) is -0.205. The minimum Gasteiger partial charge on any atom is -0.444 e. The minimum absolute atomic E-state index is 0.0274. The molecule has 108 valence electrons. The van der Waals surface area contributed by atoms with Crippen LogP contribution in [0.2, 0.25) is 0 Å². The number of amides is 1. The Kier molecular flexibility index (Phi) is 4.50. The fourth-order valence-electron chi connectivity index (χ4n) is 2.46. The molecule has 2 atom stereocenters. The fraction of sp³-hybridized carbons (Fsp3) is 0.867. The average Bonchev–Trinajstić information content (AvgIpc) is 2.24. The zero-order chi connectivity index (χ0) is 14.8. The van der Waals surface area contributed by atoms with Gasteiger partial charge in [-0.15, -0.1) is 0 Å². The molecule has 4 heteroatoms. The normalized spacial score (nSPS) is 24.5. The van der Waals surface area contributed by atoms with E-state index in [2.05, 4.69) is 18.7 Å². The van der Waals surface area contributed by atoms with Gasteiger partial charge in [0.1, 0.15) is 11.6 Å². The second-order valence-electron chi connectivity index (χ2n) is 7.25. The molecule has 4 nitrogen and oxygen atoms in total. The third kappa shape index (κ3) is 4.41. The van der Waals surface area contributed by atoms with Crippen LogP contribution in [-0.2, 0) is 4.74 Å². The van der Waals surface area contributed by atoms with E-state index in [0.717, 1.165) is 12.8 Å². The van der Waals surface area contributed by atoms with E-state index >= 15 is 0 Å². The van der Waals surface area contributed by atoms with Crippen molar-refractivity contribution in [1.29, 1.82) is 0 Å². The lowest BCUT2D eigenvalue weighted by Crippen LogP contribution is -2.54. The number of carbonyl (C=O) groups excluding carboxylic acids is 1. The van der Waals surface area contributed by atoms with Crippen molar-refractivity contribution >= 4 is 6.09 Å². The van der Waals surface area contributed by atoms with Gasteiger partial charge in [-0.3, -0.25) is 4.90 Å². The van der Waals surface area contributed by atoms with Crippen molar-refractivity contribution in [2.75, 3.05) is 6.54 Å². The highest BCUT2D eigenvalue weighted by Gasteiger charge is 2.42. The molecule has 19 heavy (non-hydrogen) atoms. The first-order valence-electron chi connectivity index (χ1n) is 6.92. The van der Waals surface area contributed by atoms with Crippen LogP contribution >= 0.6 is 0 Å². The van der Waals surface area contributed by atoms with Gasteiger partial charge in [-0.25, -0.2) is 11.4 Å². The highest BCUT2D eigenvalue weighted by Crippen LogP contribution is 2.34. The number of nitrogens with zero attached hydrogens (tertiary/aromatic N) is 2. The van der Waals surface area contributed by atoms with E-state index in [0.29, 0.717) is 6.54 Å². The molecule has 1 aliphatic rings. The molecule has 0 aromatic heterocycles. The third-order valence-corrected chi connectivity index (χ3v) is 3.50. The predicted molar refractivity (Wildman–Crippen MR) is 75.8 cm³/mol. The van der Waals surface area contributed by atoms with Crippen LogP contribution in [0.1, 0.15) is 54.4 Å². The first kappa shape index (κ1) is 15.8. The maximum atomic E-state index is 12.3. The number of rotatable bonds is 1. The van der Waals surface area contributed by atoms with Crippen LogP contribution in [0.4, 0.5) is 4.79 Å². The molecule has 0 aliphatic carbocycles. The first-order chi connectivity index (χ1) is 8.56. The van der Waals surface area contributed by atoms with Gasteiger partial charge in [-0.1, -0.05) is 13.8 Å². The van der Waals surface area contributed by atoms with Gasteiger partial charge in [0.25, 0.3) is 0 Å². The molecule has 2 unspecified atom stereocenters. The Morgan fingerprint density at radius 1 is 1.47 bits per heavy atom. The number of ether oxygens (including phenoxy) is 1. The molecule has 0 aromatic carbocycles. The highest BCUT2D eigenvalue weighted by molar-refractivity contribution is 5.69. The van der Waals surface area contributed by atoms with E-state index < -0.39 is 5.60 Å². The number of hydrogen-bond acceptors (Lipinski definition) is 2. The minimum atomic E-state index is -0.495. The lowest BCUT2D eigenvalue weighted by molar-refractivity contribution is -0.00888. The Morgan fingerprint density at radius 3 is 2.53 bits per heavy atom. The largest absolute Gasteiger partial charge is 0.444 e. The van der Waals surface area contributed by atoms with Crippen LogP contribution in [0.3, 0.4) is 0 Å². The van der Waals surface area contributed by atoms with Gasteiger partial charge >= 0.3 is 6.09 Å². The van der Waals surface area contributed by atoms with E-state index in [9.17, 15) is 4.79 Å². The van der Waals surface area contributed by atoms with Gasteiger partial charge in [0.15, 0.2) is 0 Å². The molecule has 1 amide bonds. The molecular weight excluding hydrogens is 240 g/mol. The van der Waals surface area contributed by atoms with Crippen molar-refractivity contribution in [2.45, 2.75) is 72.1 Å². The molecule has 0 aromatic rings. The van der Waals surface area contributed by atoms with Crippen molar-refractivity contribution in [3.8, 4) is 0 Å². The van der Waals surface area contributed by atoms with Crippen LogP contribution in [0.25, 0.3) is 4.85 Å². The van der Waals surface area contributed by atoms with Gasteiger partial charge in [-0.05, 0) is 39.0 Å². The Labute approximate surface area is 116 Å². The van der Waals surface area contributed by atoms with Crippen LogP contribution < -0.4 is 0 Å². The van der Waals surface area contributed by atoms with Crippen LogP contribution in [0.15, 0.2) is 0 Å². The van der Waals surface area contributed by atoms with E-state index in [1.807, 2.05) is 27.7 Å². The second-order valence-corrected chi connectivity index (χ2v) is 7.25. The summed E-state index contributed by atoms with van der Waals surface area (Å²) < 4.78 is 5.48. The van der Waals surface area contributed by atoms with Crippen LogP contribution in [0, 0.1) is 12.0 Å². The van der Waals surface area contributed by atoms with Crippen molar-refractivity contribution in [2.24, 2.45) is 5.41 Å². The second kappa shape index (κ2) is 5.40. The summed E-state index contributed by atoms with van der Waals surface area (Å²) in [6.07, 6.45) is 1.62. The molecule has 0 bridgehead atoms. The van der Waals surface area contributed by atoms with Crippen molar-refractivity contribution in [3.63, 3.8) is 0 Å².